The van der Waals surface area contributed by atoms with Crippen LogP contribution in [0.25, 0.3) is 6.08 Å². The van der Waals surface area contributed by atoms with Gasteiger partial charge in [-0.25, -0.2) is 0 Å². The van der Waals surface area contributed by atoms with E-state index in [-0.39, 0.29) is 10.6 Å². The third-order valence-corrected chi connectivity index (χ3v) is 6.27. The van der Waals surface area contributed by atoms with E-state index in [1.165, 1.54) is 12.1 Å². The number of imide groups is 1. The van der Waals surface area contributed by atoms with Gasteiger partial charge >= 0.3 is 6.18 Å². The molecule has 192 valence electrons. The minimum Gasteiger partial charge on any atom is -0.493 e. The number of nitrogens with zero attached hydrogens (tertiary/aromatic N) is 2. The van der Waals surface area contributed by atoms with Gasteiger partial charge in [-0.05, 0) is 68.9 Å². The van der Waals surface area contributed by atoms with E-state index in [2.05, 4.69) is 10.2 Å². The first-order valence-electron chi connectivity index (χ1n) is 11.3. The summed E-state index contributed by atoms with van der Waals surface area (Å²) in [6, 6.07) is 9.67. The number of anilines is 2. The Labute approximate surface area is 211 Å². The standard InChI is InChI=1S/C25H26F3N3O4S/c1-4-30(5-2)19-11-10-16(20(14-19)35-6-3)12-21-23(33)31(24(34)36-21)15-22(32)29-18-9-7-8-17(13-18)25(26,27)28/h7-14H,4-6,15H2,1-3H3,(H,29,32)/b21-12-. The normalized spacial score (nSPS) is 14.9. The minimum absolute atomic E-state index is 0.0908. The third-order valence-electron chi connectivity index (χ3n) is 5.36. The molecule has 0 spiro atoms. The van der Waals surface area contributed by atoms with Crippen molar-refractivity contribution < 1.29 is 32.3 Å². The largest absolute Gasteiger partial charge is 0.493 e. The van der Waals surface area contributed by atoms with Crippen LogP contribution in [0.4, 0.5) is 29.3 Å². The lowest BCUT2D eigenvalue weighted by molar-refractivity contribution is -0.137. The quantitative estimate of drug-likeness (QED) is 0.431. The van der Waals surface area contributed by atoms with Gasteiger partial charge in [0.2, 0.25) is 5.91 Å². The van der Waals surface area contributed by atoms with Crippen LogP contribution < -0.4 is 15.0 Å². The Bertz CT molecular complexity index is 1180. The number of benzene rings is 2. The molecule has 0 radical (unpaired) electrons. The van der Waals surface area contributed by atoms with E-state index in [1.807, 2.05) is 32.9 Å². The maximum atomic E-state index is 12.9. The lowest BCUT2D eigenvalue weighted by Gasteiger charge is -2.22. The van der Waals surface area contributed by atoms with Crippen molar-refractivity contribution in [1.82, 2.24) is 4.90 Å². The summed E-state index contributed by atoms with van der Waals surface area (Å²) in [4.78, 5) is 40.7. The first kappa shape index (κ1) is 27.1. The lowest BCUT2D eigenvalue weighted by Crippen LogP contribution is -2.36. The number of alkyl halides is 3. The van der Waals surface area contributed by atoms with Gasteiger partial charge in [0.05, 0.1) is 17.1 Å². The molecule has 0 bridgehead atoms. The summed E-state index contributed by atoms with van der Waals surface area (Å²) in [7, 11) is 0. The number of ether oxygens (including phenoxy) is 1. The highest BCUT2D eigenvalue weighted by Crippen LogP contribution is 2.35. The van der Waals surface area contributed by atoms with Gasteiger partial charge < -0.3 is 15.0 Å². The summed E-state index contributed by atoms with van der Waals surface area (Å²) in [6.07, 6.45) is -3.03. The van der Waals surface area contributed by atoms with Crippen LogP contribution in [-0.4, -0.2) is 48.2 Å². The van der Waals surface area contributed by atoms with Crippen LogP contribution in [0.15, 0.2) is 47.4 Å². The second-order valence-electron chi connectivity index (χ2n) is 7.72. The Morgan fingerprint density at radius 1 is 1.11 bits per heavy atom. The molecular formula is C25H26F3N3O4S. The molecule has 0 atom stereocenters. The Hall–Kier alpha value is -3.47. The molecule has 0 saturated carbocycles. The molecule has 0 unspecified atom stereocenters. The molecule has 3 amide bonds. The summed E-state index contributed by atoms with van der Waals surface area (Å²) < 4.78 is 44.5. The Kier molecular flexibility index (Phi) is 8.67. The molecule has 36 heavy (non-hydrogen) atoms. The van der Waals surface area contributed by atoms with Gasteiger partial charge in [-0.1, -0.05) is 6.07 Å². The first-order chi connectivity index (χ1) is 17.1. The van der Waals surface area contributed by atoms with E-state index in [0.717, 1.165) is 41.9 Å². The number of amides is 3. The van der Waals surface area contributed by atoms with Gasteiger partial charge in [-0.15, -0.1) is 0 Å². The second kappa shape index (κ2) is 11.5. The van der Waals surface area contributed by atoms with Gasteiger partial charge in [0, 0.05) is 36.1 Å². The number of hydrogen-bond donors (Lipinski definition) is 1. The van der Waals surface area contributed by atoms with E-state index < -0.39 is 35.3 Å². The summed E-state index contributed by atoms with van der Waals surface area (Å²) in [6.45, 7) is 7.31. The molecule has 2 aromatic rings. The van der Waals surface area contributed by atoms with E-state index in [0.29, 0.717) is 29.7 Å². The molecule has 0 aromatic heterocycles. The Morgan fingerprint density at radius 3 is 2.47 bits per heavy atom. The number of nitrogens with one attached hydrogen (secondary N) is 1. The van der Waals surface area contributed by atoms with Crippen molar-refractivity contribution in [1.29, 1.82) is 0 Å². The van der Waals surface area contributed by atoms with E-state index in [9.17, 15) is 27.6 Å². The zero-order valence-corrected chi connectivity index (χ0v) is 20.8. The first-order valence-corrected chi connectivity index (χ1v) is 12.1. The summed E-state index contributed by atoms with van der Waals surface area (Å²) >= 11 is 0.681. The lowest BCUT2D eigenvalue weighted by atomic mass is 10.1. The molecule has 1 N–H and O–H groups in total. The molecule has 1 heterocycles. The smallest absolute Gasteiger partial charge is 0.416 e. The highest BCUT2D eigenvalue weighted by Gasteiger charge is 2.36. The van der Waals surface area contributed by atoms with Crippen molar-refractivity contribution in [3.8, 4) is 5.75 Å². The van der Waals surface area contributed by atoms with E-state index >= 15 is 0 Å². The van der Waals surface area contributed by atoms with Crippen LogP contribution in [0, 0.1) is 0 Å². The molecule has 1 fully saturated rings. The zero-order chi connectivity index (χ0) is 26.5. The predicted molar refractivity (Wildman–Crippen MR) is 134 cm³/mol. The monoisotopic (exact) mass is 521 g/mol. The maximum absolute atomic E-state index is 12.9. The molecule has 2 aromatic carbocycles. The number of carbonyl (C=O) groups excluding carboxylic acids is 3. The van der Waals surface area contributed by atoms with E-state index in [1.54, 1.807) is 6.07 Å². The van der Waals surface area contributed by atoms with Crippen molar-refractivity contribution >= 4 is 46.3 Å². The van der Waals surface area contributed by atoms with Gasteiger partial charge in [-0.3, -0.25) is 19.3 Å². The minimum atomic E-state index is -4.57. The molecule has 0 aliphatic carbocycles. The van der Waals surface area contributed by atoms with Crippen LogP contribution in [0.3, 0.4) is 0 Å². The Balaban J connectivity index is 1.76. The maximum Gasteiger partial charge on any atom is 0.416 e. The molecule has 11 heteroatoms. The fraction of sp³-hybridized carbons (Fsp3) is 0.320. The average molecular weight is 522 g/mol. The SMILES string of the molecule is CCOc1cc(N(CC)CC)ccc1/C=C1\SC(=O)N(CC(=O)Nc2cccc(C(F)(F)F)c2)C1=O. The van der Waals surface area contributed by atoms with Gasteiger partial charge in [0.15, 0.2) is 0 Å². The summed E-state index contributed by atoms with van der Waals surface area (Å²) in [5.74, 6) is -0.910. The predicted octanol–water partition coefficient (Wildman–Crippen LogP) is 5.63. The van der Waals surface area contributed by atoms with E-state index in [4.69, 9.17) is 4.74 Å². The van der Waals surface area contributed by atoms with Crippen molar-refractivity contribution in [2.24, 2.45) is 0 Å². The third kappa shape index (κ3) is 6.39. The highest BCUT2D eigenvalue weighted by molar-refractivity contribution is 8.18. The van der Waals surface area contributed by atoms with Crippen molar-refractivity contribution in [2.45, 2.75) is 26.9 Å². The van der Waals surface area contributed by atoms with Gasteiger partial charge in [-0.2, -0.15) is 13.2 Å². The van der Waals surface area contributed by atoms with Crippen LogP contribution in [-0.2, 0) is 15.8 Å². The fourth-order valence-electron chi connectivity index (χ4n) is 3.60. The van der Waals surface area contributed by atoms with Crippen LogP contribution in [0.2, 0.25) is 0 Å². The molecular weight excluding hydrogens is 495 g/mol. The number of hydrogen-bond acceptors (Lipinski definition) is 6. The van der Waals surface area contributed by atoms with Crippen molar-refractivity contribution in [3.05, 3.63) is 58.5 Å². The number of thioether (sulfide) groups is 1. The fourth-order valence-corrected chi connectivity index (χ4v) is 4.43. The summed E-state index contributed by atoms with van der Waals surface area (Å²) in [5.41, 5.74) is 0.546. The number of halogens is 3. The Morgan fingerprint density at radius 2 is 1.83 bits per heavy atom. The topological polar surface area (TPSA) is 79.0 Å². The molecule has 1 saturated heterocycles. The zero-order valence-electron chi connectivity index (χ0n) is 20.0. The van der Waals surface area contributed by atoms with Gasteiger partial charge in [0.25, 0.3) is 11.1 Å². The van der Waals surface area contributed by atoms with Crippen LogP contribution >= 0.6 is 11.8 Å². The van der Waals surface area contributed by atoms with Gasteiger partial charge in [0.1, 0.15) is 12.3 Å². The molecule has 1 aliphatic rings. The number of rotatable bonds is 9. The average Bonchev–Trinajstić information content (AvgIpc) is 3.08. The molecule has 7 nitrogen and oxygen atoms in total. The molecule has 3 rings (SSSR count). The van der Waals surface area contributed by atoms with Crippen LogP contribution in [0.1, 0.15) is 31.9 Å². The second-order valence-corrected chi connectivity index (χ2v) is 8.72. The van der Waals surface area contributed by atoms with Crippen LogP contribution in [0.5, 0.6) is 5.75 Å². The summed E-state index contributed by atoms with van der Waals surface area (Å²) in [5, 5.41) is 1.65. The van der Waals surface area contributed by atoms with Crippen molar-refractivity contribution in [2.75, 3.05) is 36.5 Å². The highest BCUT2D eigenvalue weighted by atomic mass is 32.2. The number of carbonyl (C=O) groups is 3. The van der Waals surface area contributed by atoms with Crippen molar-refractivity contribution in [3.63, 3.8) is 0 Å². The molecule has 1 aliphatic heterocycles.